The number of amides is 1. The van der Waals surface area contributed by atoms with Crippen molar-refractivity contribution < 1.29 is 9.21 Å². The molecule has 0 radical (unpaired) electrons. The number of nitrogens with one attached hydrogen (secondary N) is 1. The number of nitrogens with zero attached hydrogens (tertiary/aromatic N) is 1. The molecule has 0 aliphatic carbocycles. The fourth-order valence-corrected chi connectivity index (χ4v) is 1.85. The van der Waals surface area contributed by atoms with Gasteiger partial charge in [0.2, 0.25) is 5.89 Å². The quantitative estimate of drug-likeness (QED) is 0.888. The molecule has 0 bridgehead atoms. The summed E-state index contributed by atoms with van der Waals surface area (Å²) in [6.07, 6.45) is 2.01. The van der Waals surface area contributed by atoms with E-state index in [2.05, 4.69) is 10.3 Å². The number of oxazole rings is 1. The van der Waals surface area contributed by atoms with Gasteiger partial charge in [-0.05, 0) is 18.1 Å². The van der Waals surface area contributed by atoms with Crippen molar-refractivity contribution in [2.75, 3.05) is 0 Å². The number of carbonyl (C=O) groups excluding carboxylic acids is 1. The van der Waals surface area contributed by atoms with Gasteiger partial charge in [0.15, 0.2) is 5.69 Å². The number of aromatic nitrogens is 1. The lowest BCUT2D eigenvalue weighted by molar-refractivity contribution is 0.0946. The largest absolute Gasteiger partial charge is 0.446 e. The van der Waals surface area contributed by atoms with Crippen LogP contribution in [0.5, 0.6) is 0 Å². The Morgan fingerprint density at radius 3 is 2.95 bits per heavy atom. The van der Waals surface area contributed by atoms with Gasteiger partial charge in [0.05, 0.1) is 6.04 Å². The zero-order valence-electron chi connectivity index (χ0n) is 11.1. The summed E-state index contributed by atoms with van der Waals surface area (Å²) in [5.74, 6) is 0.0543. The van der Waals surface area contributed by atoms with Gasteiger partial charge in [-0.2, -0.15) is 0 Å². The fourth-order valence-electron chi connectivity index (χ4n) is 1.64. The highest BCUT2D eigenvalue weighted by Gasteiger charge is 2.15. The first-order valence-corrected chi connectivity index (χ1v) is 6.72. The van der Waals surface area contributed by atoms with Crippen LogP contribution in [-0.2, 0) is 6.54 Å². The van der Waals surface area contributed by atoms with Crippen LogP contribution in [0.1, 0.15) is 41.3 Å². The molecule has 1 aromatic heterocycles. The van der Waals surface area contributed by atoms with Gasteiger partial charge < -0.3 is 15.5 Å². The molecule has 3 N–H and O–H groups in total. The van der Waals surface area contributed by atoms with Crippen LogP contribution >= 0.6 is 11.6 Å². The highest BCUT2D eigenvalue weighted by molar-refractivity contribution is 6.31. The fraction of sp³-hybridized carbons (Fsp3) is 0.286. The third-order valence-corrected chi connectivity index (χ3v) is 3.28. The molecule has 6 heteroatoms. The van der Waals surface area contributed by atoms with Crippen LogP contribution in [-0.4, -0.2) is 10.9 Å². The summed E-state index contributed by atoms with van der Waals surface area (Å²) in [7, 11) is 0. The Balaban J connectivity index is 1.99. The molecular weight excluding hydrogens is 278 g/mol. The van der Waals surface area contributed by atoms with Crippen molar-refractivity contribution in [2.45, 2.75) is 25.9 Å². The molecule has 0 saturated heterocycles. The van der Waals surface area contributed by atoms with Crippen LogP contribution in [0.3, 0.4) is 0 Å². The molecule has 0 fully saturated rings. The molecule has 106 valence electrons. The van der Waals surface area contributed by atoms with Gasteiger partial charge >= 0.3 is 0 Å². The minimum absolute atomic E-state index is 0.218. The van der Waals surface area contributed by atoms with Crippen molar-refractivity contribution in [3.8, 4) is 0 Å². The van der Waals surface area contributed by atoms with Crippen LogP contribution in [0.25, 0.3) is 0 Å². The topological polar surface area (TPSA) is 81.1 Å². The van der Waals surface area contributed by atoms with Crippen molar-refractivity contribution in [1.29, 1.82) is 0 Å². The number of rotatable bonds is 5. The van der Waals surface area contributed by atoms with Gasteiger partial charge in [-0.15, -0.1) is 0 Å². The van der Waals surface area contributed by atoms with Crippen molar-refractivity contribution in [3.05, 3.63) is 52.7 Å². The smallest absolute Gasteiger partial charge is 0.273 e. The molecule has 0 aliphatic rings. The van der Waals surface area contributed by atoms with Crippen LogP contribution in [0.15, 0.2) is 34.9 Å². The summed E-state index contributed by atoms with van der Waals surface area (Å²) >= 11 is 6.02. The minimum Gasteiger partial charge on any atom is -0.446 e. The maximum atomic E-state index is 11.9. The Labute approximate surface area is 122 Å². The van der Waals surface area contributed by atoms with E-state index in [0.29, 0.717) is 23.9 Å². The van der Waals surface area contributed by atoms with Crippen LogP contribution in [0.2, 0.25) is 5.02 Å². The number of carbonyl (C=O) groups is 1. The second kappa shape index (κ2) is 6.54. The van der Waals surface area contributed by atoms with Gasteiger partial charge in [0.25, 0.3) is 5.91 Å². The molecule has 0 spiro atoms. The molecule has 20 heavy (non-hydrogen) atoms. The molecule has 1 heterocycles. The number of hydrogen-bond acceptors (Lipinski definition) is 4. The summed E-state index contributed by atoms with van der Waals surface area (Å²) in [5.41, 5.74) is 6.85. The molecular formula is C14H16ClN3O2. The predicted octanol–water partition coefficient (Wildman–Crippen LogP) is 2.67. The van der Waals surface area contributed by atoms with E-state index in [1.165, 1.54) is 6.26 Å². The summed E-state index contributed by atoms with van der Waals surface area (Å²) in [4.78, 5) is 16.0. The van der Waals surface area contributed by atoms with E-state index in [0.717, 1.165) is 5.56 Å². The predicted molar refractivity (Wildman–Crippen MR) is 76.3 cm³/mol. The lowest BCUT2D eigenvalue weighted by Crippen LogP contribution is -2.23. The summed E-state index contributed by atoms with van der Waals surface area (Å²) in [6, 6.07) is 7.03. The first-order valence-electron chi connectivity index (χ1n) is 6.34. The number of nitrogens with two attached hydrogens (primary N) is 1. The zero-order valence-corrected chi connectivity index (χ0v) is 11.9. The second-order valence-corrected chi connectivity index (χ2v) is 4.77. The maximum Gasteiger partial charge on any atom is 0.273 e. The molecule has 1 aromatic carbocycles. The van der Waals surface area contributed by atoms with Crippen LogP contribution < -0.4 is 11.1 Å². The molecule has 2 aromatic rings. The van der Waals surface area contributed by atoms with Gasteiger partial charge in [-0.1, -0.05) is 36.7 Å². The van der Waals surface area contributed by atoms with Crippen molar-refractivity contribution in [2.24, 2.45) is 5.73 Å². The summed E-state index contributed by atoms with van der Waals surface area (Å²) in [6.45, 7) is 2.26. The number of halogens is 1. The monoisotopic (exact) mass is 293 g/mol. The highest BCUT2D eigenvalue weighted by atomic mass is 35.5. The first kappa shape index (κ1) is 14.6. The van der Waals surface area contributed by atoms with E-state index in [1.54, 1.807) is 6.07 Å². The van der Waals surface area contributed by atoms with E-state index in [1.807, 2.05) is 25.1 Å². The molecule has 0 saturated carbocycles. The Morgan fingerprint density at radius 1 is 1.50 bits per heavy atom. The Morgan fingerprint density at radius 2 is 2.25 bits per heavy atom. The standard InChI is InChI=1S/C14H16ClN3O2/c1-2-11(16)14-18-12(8-20-14)13(19)17-7-9-5-3-4-6-10(9)15/h3-6,8,11H,2,7,16H2,1H3,(H,17,19). The van der Waals surface area contributed by atoms with Crippen molar-refractivity contribution in [3.63, 3.8) is 0 Å². The minimum atomic E-state index is -0.316. The highest BCUT2D eigenvalue weighted by Crippen LogP contribution is 2.15. The summed E-state index contributed by atoms with van der Waals surface area (Å²) < 4.78 is 5.19. The second-order valence-electron chi connectivity index (χ2n) is 4.36. The maximum absolute atomic E-state index is 11.9. The van der Waals surface area contributed by atoms with E-state index in [-0.39, 0.29) is 17.6 Å². The van der Waals surface area contributed by atoms with E-state index in [4.69, 9.17) is 21.8 Å². The molecule has 0 aliphatic heterocycles. The third-order valence-electron chi connectivity index (χ3n) is 2.91. The number of benzene rings is 1. The van der Waals surface area contributed by atoms with E-state index in [9.17, 15) is 4.79 Å². The Bertz CT molecular complexity index is 598. The van der Waals surface area contributed by atoms with Crippen molar-refractivity contribution >= 4 is 17.5 Å². The van der Waals surface area contributed by atoms with E-state index >= 15 is 0 Å². The van der Waals surface area contributed by atoms with Crippen molar-refractivity contribution in [1.82, 2.24) is 10.3 Å². The average molecular weight is 294 g/mol. The van der Waals surface area contributed by atoms with Gasteiger partial charge in [0.1, 0.15) is 6.26 Å². The lowest BCUT2D eigenvalue weighted by Gasteiger charge is -2.05. The molecule has 1 amide bonds. The Kier molecular flexibility index (Phi) is 4.76. The molecule has 5 nitrogen and oxygen atoms in total. The Hall–Kier alpha value is -1.85. The first-order chi connectivity index (χ1) is 9.61. The van der Waals surface area contributed by atoms with Crippen LogP contribution in [0, 0.1) is 0 Å². The average Bonchev–Trinajstić information content (AvgIpc) is 2.95. The normalized spacial score (nSPS) is 12.2. The third kappa shape index (κ3) is 3.37. The SMILES string of the molecule is CCC(N)c1nc(C(=O)NCc2ccccc2Cl)co1. The van der Waals surface area contributed by atoms with E-state index < -0.39 is 0 Å². The zero-order chi connectivity index (χ0) is 14.5. The summed E-state index contributed by atoms with van der Waals surface area (Å²) in [5, 5.41) is 3.35. The van der Waals surface area contributed by atoms with Gasteiger partial charge in [0, 0.05) is 11.6 Å². The lowest BCUT2D eigenvalue weighted by atomic mass is 10.2. The van der Waals surface area contributed by atoms with Gasteiger partial charge in [-0.25, -0.2) is 4.98 Å². The van der Waals surface area contributed by atoms with Crippen LogP contribution in [0.4, 0.5) is 0 Å². The molecule has 2 rings (SSSR count). The number of hydrogen-bond donors (Lipinski definition) is 2. The molecule has 1 atom stereocenters. The molecule has 1 unspecified atom stereocenters. The van der Waals surface area contributed by atoms with Gasteiger partial charge in [-0.3, -0.25) is 4.79 Å².